The Morgan fingerprint density at radius 2 is 1.90 bits per heavy atom. The van der Waals surface area contributed by atoms with Gasteiger partial charge in [-0.3, -0.25) is 4.79 Å². The standard InChI is InChI=1S/C14H17BrN4O/c1-3-19(4-2)11-7-5-10(6-8-11)18-13-12(15)14(20)17-9-16-13/h5-9H,3-4H2,1-2H3,(H2,16,17,18,20). The quantitative estimate of drug-likeness (QED) is 0.880. The van der Waals surface area contributed by atoms with E-state index in [2.05, 4.69) is 62.1 Å². The number of aromatic nitrogens is 2. The van der Waals surface area contributed by atoms with Gasteiger partial charge in [-0.05, 0) is 54.0 Å². The van der Waals surface area contributed by atoms with Crippen molar-refractivity contribution in [2.75, 3.05) is 23.3 Å². The van der Waals surface area contributed by atoms with Gasteiger partial charge in [-0.2, -0.15) is 0 Å². The van der Waals surface area contributed by atoms with E-state index in [9.17, 15) is 4.79 Å². The molecule has 6 heteroatoms. The Kier molecular flexibility index (Phi) is 4.79. The molecule has 0 saturated heterocycles. The number of rotatable bonds is 5. The number of nitrogens with one attached hydrogen (secondary N) is 2. The number of hydrogen-bond acceptors (Lipinski definition) is 4. The molecular formula is C14H17BrN4O. The molecule has 0 aliphatic heterocycles. The molecule has 2 aromatic rings. The first-order valence-corrected chi connectivity index (χ1v) is 7.30. The summed E-state index contributed by atoms with van der Waals surface area (Å²) in [5, 5.41) is 3.12. The molecule has 0 saturated carbocycles. The van der Waals surface area contributed by atoms with Crippen LogP contribution in [0, 0.1) is 0 Å². The maximum absolute atomic E-state index is 11.5. The van der Waals surface area contributed by atoms with Crippen LogP contribution in [0.1, 0.15) is 13.8 Å². The predicted molar refractivity (Wildman–Crippen MR) is 85.8 cm³/mol. The van der Waals surface area contributed by atoms with Gasteiger partial charge in [0.25, 0.3) is 5.56 Å². The van der Waals surface area contributed by atoms with Crippen LogP contribution in [0.4, 0.5) is 17.2 Å². The van der Waals surface area contributed by atoms with Gasteiger partial charge in [0.1, 0.15) is 4.47 Å². The van der Waals surface area contributed by atoms with Gasteiger partial charge < -0.3 is 15.2 Å². The van der Waals surface area contributed by atoms with E-state index in [1.165, 1.54) is 12.0 Å². The topological polar surface area (TPSA) is 61.0 Å². The molecule has 1 aromatic carbocycles. The van der Waals surface area contributed by atoms with Crippen molar-refractivity contribution >= 4 is 33.1 Å². The lowest BCUT2D eigenvalue weighted by Gasteiger charge is -2.21. The van der Waals surface area contributed by atoms with E-state index >= 15 is 0 Å². The number of halogens is 1. The van der Waals surface area contributed by atoms with Crippen LogP contribution in [0.2, 0.25) is 0 Å². The molecule has 20 heavy (non-hydrogen) atoms. The summed E-state index contributed by atoms with van der Waals surface area (Å²) in [7, 11) is 0. The summed E-state index contributed by atoms with van der Waals surface area (Å²) in [6.07, 6.45) is 1.37. The summed E-state index contributed by atoms with van der Waals surface area (Å²) in [4.78, 5) is 20.3. The normalized spacial score (nSPS) is 10.3. The fraction of sp³-hybridized carbons (Fsp3) is 0.286. The first kappa shape index (κ1) is 14.6. The van der Waals surface area contributed by atoms with Crippen LogP contribution in [-0.4, -0.2) is 23.1 Å². The Balaban J connectivity index is 2.19. The molecule has 0 fully saturated rings. The third-order valence-corrected chi connectivity index (χ3v) is 3.79. The minimum Gasteiger partial charge on any atom is -0.372 e. The molecule has 0 radical (unpaired) electrons. The van der Waals surface area contributed by atoms with Gasteiger partial charge in [-0.25, -0.2) is 4.98 Å². The lowest BCUT2D eigenvalue weighted by atomic mass is 10.2. The molecule has 1 aromatic heterocycles. The lowest BCUT2D eigenvalue weighted by Crippen LogP contribution is -2.21. The van der Waals surface area contributed by atoms with Gasteiger partial charge in [0, 0.05) is 24.5 Å². The molecule has 0 atom stereocenters. The first-order valence-electron chi connectivity index (χ1n) is 6.51. The lowest BCUT2D eigenvalue weighted by molar-refractivity contribution is 0.866. The third-order valence-electron chi connectivity index (χ3n) is 3.06. The second kappa shape index (κ2) is 6.56. The van der Waals surface area contributed by atoms with Crippen LogP contribution in [0.3, 0.4) is 0 Å². The van der Waals surface area contributed by atoms with Crippen molar-refractivity contribution in [2.24, 2.45) is 0 Å². The number of benzene rings is 1. The van der Waals surface area contributed by atoms with E-state index in [0.717, 1.165) is 18.8 Å². The van der Waals surface area contributed by atoms with E-state index < -0.39 is 0 Å². The van der Waals surface area contributed by atoms with E-state index in [0.29, 0.717) is 10.3 Å². The smallest absolute Gasteiger partial charge is 0.267 e. The summed E-state index contributed by atoms with van der Waals surface area (Å²) in [6.45, 7) is 6.22. The Morgan fingerprint density at radius 3 is 2.50 bits per heavy atom. The van der Waals surface area contributed by atoms with E-state index in [1.54, 1.807) is 0 Å². The summed E-state index contributed by atoms with van der Waals surface area (Å²) in [6, 6.07) is 8.05. The van der Waals surface area contributed by atoms with Gasteiger partial charge in [0.15, 0.2) is 5.82 Å². The summed E-state index contributed by atoms with van der Waals surface area (Å²) in [5.74, 6) is 0.504. The molecule has 0 amide bonds. The zero-order valence-corrected chi connectivity index (χ0v) is 13.1. The van der Waals surface area contributed by atoms with Gasteiger partial charge in [-0.15, -0.1) is 0 Å². The van der Waals surface area contributed by atoms with Crippen molar-refractivity contribution in [1.29, 1.82) is 0 Å². The van der Waals surface area contributed by atoms with Crippen molar-refractivity contribution in [3.05, 3.63) is 45.4 Å². The van der Waals surface area contributed by atoms with Crippen molar-refractivity contribution in [1.82, 2.24) is 9.97 Å². The molecule has 0 aliphatic carbocycles. The predicted octanol–water partition coefficient (Wildman–Crippen LogP) is 3.12. The van der Waals surface area contributed by atoms with Crippen LogP contribution in [0.15, 0.2) is 39.9 Å². The summed E-state index contributed by atoms with van der Waals surface area (Å²) >= 11 is 3.22. The monoisotopic (exact) mass is 336 g/mol. The fourth-order valence-electron chi connectivity index (χ4n) is 1.95. The maximum atomic E-state index is 11.5. The van der Waals surface area contributed by atoms with Crippen LogP contribution < -0.4 is 15.8 Å². The molecule has 2 N–H and O–H groups in total. The van der Waals surface area contributed by atoms with Gasteiger partial charge >= 0.3 is 0 Å². The molecule has 0 unspecified atom stereocenters. The molecule has 0 aliphatic rings. The largest absolute Gasteiger partial charge is 0.372 e. The number of H-pyrrole nitrogens is 1. The highest BCUT2D eigenvalue weighted by atomic mass is 79.9. The zero-order valence-electron chi connectivity index (χ0n) is 11.5. The molecule has 0 bridgehead atoms. The van der Waals surface area contributed by atoms with Crippen LogP contribution >= 0.6 is 15.9 Å². The van der Waals surface area contributed by atoms with Crippen molar-refractivity contribution in [3.63, 3.8) is 0 Å². The minimum atomic E-state index is -0.206. The maximum Gasteiger partial charge on any atom is 0.267 e. The van der Waals surface area contributed by atoms with Crippen molar-refractivity contribution in [2.45, 2.75) is 13.8 Å². The van der Waals surface area contributed by atoms with E-state index in [4.69, 9.17) is 0 Å². The first-order chi connectivity index (χ1) is 9.65. The molecule has 2 rings (SSSR count). The Hall–Kier alpha value is -1.82. The third kappa shape index (κ3) is 3.19. The van der Waals surface area contributed by atoms with Gasteiger partial charge in [0.2, 0.25) is 0 Å². The van der Waals surface area contributed by atoms with Crippen LogP contribution in [0.25, 0.3) is 0 Å². The molecule has 106 valence electrons. The number of anilines is 3. The summed E-state index contributed by atoms with van der Waals surface area (Å²) < 4.78 is 0.396. The van der Waals surface area contributed by atoms with E-state index in [1.807, 2.05) is 12.1 Å². The second-order valence-corrected chi connectivity index (χ2v) is 5.03. The molecular weight excluding hydrogens is 320 g/mol. The Morgan fingerprint density at radius 1 is 1.25 bits per heavy atom. The highest BCUT2D eigenvalue weighted by Gasteiger charge is 2.06. The van der Waals surface area contributed by atoms with E-state index in [-0.39, 0.29) is 5.56 Å². The van der Waals surface area contributed by atoms with Crippen LogP contribution in [-0.2, 0) is 0 Å². The molecule has 0 spiro atoms. The van der Waals surface area contributed by atoms with Crippen LogP contribution in [0.5, 0.6) is 0 Å². The zero-order chi connectivity index (χ0) is 14.5. The summed E-state index contributed by atoms with van der Waals surface area (Å²) in [5.41, 5.74) is 1.86. The molecule has 1 heterocycles. The highest BCUT2D eigenvalue weighted by Crippen LogP contribution is 2.22. The minimum absolute atomic E-state index is 0.206. The van der Waals surface area contributed by atoms with Gasteiger partial charge in [-0.1, -0.05) is 0 Å². The SMILES string of the molecule is CCN(CC)c1ccc(Nc2nc[nH]c(=O)c2Br)cc1. The number of aromatic amines is 1. The molecule has 5 nitrogen and oxygen atoms in total. The number of nitrogens with zero attached hydrogens (tertiary/aromatic N) is 2. The van der Waals surface area contributed by atoms with Crippen molar-refractivity contribution in [3.8, 4) is 0 Å². The number of hydrogen-bond donors (Lipinski definition) is 2. The average Bonchev–Trinajstić information content (AvgIpc) is 2.47. The Bertz CT molecular complexity index is 620. The second-order valence-electron chi connectivity index (χ2n) is 4.24. The van der Waals surface area contributed by atoms with Gasteiger partial charge in [0.05, 0.1) is 6.33 Å². The average molecular weight is 337 g/mol. The Labute approximate surface area is 126 Å². The van der Waals surface area contributed by atoms with Crippen molar-refractivity contribution < 1.29 is 0 Å². The fourth-order valence-corrected chi connectivity index (χ4v) is 2.27. The highest BCUT2D eigenvalue weighted by molar-refractivity contribution is 9.10.